The van der Waals surface area contributed by atoms with E-state index in [-0.39, 0.29) is 11.9 Å². The molecule has 15 heavy (non-hydrogen) atoms. The van der Waals surface area contributed by atoms with Crippen LogP contribution in [0.25, 0.3) is 0 Å². The summed E-state index contributed by atoms with van der Waals surface area (Å²) >= 11 is 5.74. The van der Waals surface area contributed by atoms with Crippen molar-refractivity contribution in [2.75, 3.05) is 0 Å². The molecule has 0 saturated heterocycles. The maximum absolute atomic E-state index is 9.61. The molecular formula is C12H15ClO2. The van der Waals surface area contributed by atoms with Crippen molar-refractivity contribution in [3.63, 3.8) is 0 Å². The topological polar surface area (TPSA) is 29.5 Å². The van der Waals surface area contributed by atoms with Crippen molar-refractivity contribution in [1.82, 2.24) is 0 Å². The van der Waals surface area contributed by atoms with Crippen LogP contribution >= 0.6 is 11.6 Å². The Morgan fingerprint density at radius 2 is 1.93 bits per heavy atom. The van der Waals surface area contributed by atoms with Gasteiger partial charge in [0.05, 0.1) is 6.10 Å². The number of phenolic OH excluding ortho intramolecular Hbond substituents is 1. The maximum atomic E-state index is 9.61. The standard InChI is InChI=1S/C12H15ClO2/c13-9-6-7-12(11(14)8-9)15-10-4-2-1-3-5-10/h6-8,10,14H,1-5H2. The quantitative estimate of drug-likeness (QED) is 0.832. The van der Waals surface area contributed by atoms with Gasteiger partial charge in [-0.15, -0.1) is 0 Å². The Hall–Kier alpha value is -0.890. The average molecular weight is 227 g/mol. The van der Waals surface area contributed by atoms with Crippen molar-refractivity contribution in [3.05, 3.63) is 23.2 Å². The number of hydrogen-bond donors (Lipinski definition) is 1. The van der Waals surface area contributed by atoms with E-state index in [1.54, 1.807) is 12.1 Å². The zero-order valence-corrected chi connectivity index (χ0v) is 9.33. The van der Waals surface area contributed by atoms with Gasteiger partial charge in [0.25, 0.3) is 0 Å². The molecule has 0 unspecified atom stereocenters. The maximum Gasteiger partial charge on any atom is 0.161 e. The van der Waals surface area contributed by atoms with Crippen molar-refractivity contribution in [2.45, 2.75) is 38.2 Å². The second-order valence-electron chi connectivity index (χ2n) is 3.99. The highest BCUT2D eigenvalue weighted by molar-refractivity contribution is 6.30. The molecule has 1 fully saturated rings. The highest BCUT2D eigenvalue weighted by atomic mass is 35.5. The largest absolute Gasteiger partial charge is 0.504 e. The number of ether oxygens (including phenoxy) is 1. The van der Waals surface area contributed by atoms with Gasteiger partial charge in [-0.2, -0.15) is 0 Å². The Morgan fingerprint density at radius 1 is 1.20 bits per heavy atom. The van der Waals surface area contributed by atoms with Gasteiger partial charge >= 0.3 is 0 Å². The van der Waals surface area contributed by atoms with Crippen LogP contribution in [0.3, 0.4) is 0 Å². The summed E-state index contributed by atoms with van der Waals surface area (Å²) in [6.45, 7) is 0. The number of benzene rings is 1. The fraction of sp³-hybridized carbons (Fsp3) is 0.500. The fourth-order valence-electron chi connectivity index (χ4n) is 1.95. The SMILES string of the molecule is Oc1cc(Cl)ccc1OC1CCCCC1. The zero-order valence-electron chi connectivity index (χ0n) is 8.58. The predicted molar refractivity (Wildman–Crippen MR) is 60.6 cm³/mol. The number of phenols is 1. The van der Waals surface area contributed by atoms with E-state index in [0.29, 0.717) is 10.8 Å². The molecule has 0 radical (unpaired) electrons. The first-order valence-corrected chi connectivity index (χ1v) is 5.78. The molecule has 1 aliphatic rings. The smallest absolute Gasteiger partial charge is 0.161 e. The molecule has 1 aromatic carbocycles. The summed E-state index contributed by atoms with van der Waals surface area (Å²) in [5, 5.41) is 10.1. The van der Waals surface area contributed by atoms with E-state index in [1.165, 1.54) is 25.3 Å². The van der Waals surface area contributed by atoms with Crippen LogP contribution in [0.2, 0.25) is 5.02 Å². The van der Waals surface area contributed by atoms with E-state index >= 15 is 0 Å². The lowest BCUT2D eigenvalue weighted by molar-refractivity contribution is 0.150. The fourth-order valence-corrected chi connectivity index (χ4v) is 2.12. The van der Waals surface area contributed by atoms with Crippen molar-refractivity contribution in [1.29, 1.82) is 0 Å². The second kappa shape index (κ2) is 4.75. The third kappa shape index (κ3) is 2.78. The molecule has 0 aromatic heterocycles. The summed E-state index contributed by atoms with van der Waals surface area (Å²) in [4.78, 5) is 0. The molecule has 0 heterocycles. The van der Waals surface area contributed by atoms with Gasteiger partial charge in [-0.1, -0.05) is 18.0 Å². The minimum absolute atomic E-state index is 0.132. The first-order chi connectivity index (χ1) is 7.25. The predicted octanol–water partition coefficient (Wildman–Crippen LogP) is 3.76. The summed E-state index contributed by atoms with van der Waals surface area (Å²) in [6, 6.07) is 4.98. The van der Waals surface area contributed by atoms with E-state index in [9.17, 15) is 5.11 Å². The molecule has 2 rings (SSSR count). The van der Waals surface area contributed by atoms with Gasteiger partial charge in [-0.25, -0.2) is 0 Å². The van der Waals surface area contributed by atoms with Crippen LogP contribution in [0.4, 0.5) is 0 Å². The molecule has 0 spiro atoms. The Bertz CT molecular complexity index is 332. The third-order valence-corrected chi connectivity index (χ3v) is 3.00. The molecule has 0 aliphatic heterocycles. The summed E-state index contributed by atoms with van der Waals surface area (Å²) in [5.74, 6) is 0.680. The van der Waals surface area contributed by atoms with Crippen molar-refractivity contribution in [2.24, 2.45) is 0 Å². The van der Waals surface area contributed by atoms with E-state index < -0.39 is 0 Å². The lowest BCUT2D eigenvalue weighted by Gasteiger charge is -2.23. The Kier molecular flexibility index (Phi) is 3.37. The Balaban J connectivity index is 2.03. The van der Waals surface area contributed by atoms with Crippen LogP contribution < -0.4 is 4.74 Å². The van der Waals surface area contributed by atoms with Gasteiger partial charge in [0.15, 0.2) is 11.5 Å². The van der Waals surface area contributed by atoms with E-state index in [2.05, 4.69) is 0 Å². The van der Waals surface area contributed by atoms with Crippen LogP contribution in [0.15, 0.2) is 18.2 Å². The second-order valence-corrected chi connectivity index (χ2v) is 4.43. The molecule has 0 bridgehead atoms. The number of halogens is 1. The first-order valence-electron chi connectivity index (χ1n) is 5.41. The molecule has 1 saturated carbocycles. The third-order valence-electron chi connectivity index (χ3n) is 2.77. The van der Waals surface area contributed by atoms with Gasteiger partial charge in [-0.3, -0.25) is 0 Å². The number of rotatable bonds is 2. The summed E-state index contributed by atoms with van der Waals surface area (Å²) < 4.78 is 5.73. The Labute approximate surface area is 94.8 Å². The molecule has 3 heteroatoms. The summed E-state index contributed by atoms with van der Waals surface area (Å²) in [7, 11) is 0. The molecule has 0 amide bonds. The Morgan fingerprint density at radius 3 is 2.60 bits per heavy atom. The highest BCUT2D eigenvalue weighted by Gasteiger charge is 2.16. The van der Waals surface area contributed by atoms with Crippen LogP contribution in [0.1, 0.15) is 32.1 Å². The van der Waals surface area contributed by atoms with Crippen molar-refractivity contribution < 1.29 is 9.84 Å². The van der Waals surface area contributed by atoms with Gasteiger partial charge in [0, 0.05) is 11.1 Å². The van der Waals surface area contributed by atoms with E-state index in [1.807, 2.05) is 0 Å². The van der Waals surface area contributed by atoms with Crippen LogP contribution in [0.5, 0.6) is 11.5 Å². The molecular weight excluding hydrogens is 212 g/mol. The minimum Gasteiger partial charge on any atom is -0.504 e. The van der Waals surface area contributed by atoms with Crippen molar-refractivity contribution >= 4 is 11.6 Å². The first kappa shape index (κ1) is 10.6. The van der Waals surface area contributed by atoms with Gasteiger partial charge in [0.2, 0.25) is 0 Å². The summed E-state index contributed by atoms with van der Waals surface area (Å²) in [5.41, 5.74) is 0. The molecule has 2 nitrogen and oxygen atoms in total. The minimum atomic E-state index is 0.132. The molecule has 0 atom stereocenters. The van der Waals surface area contributed by atoms with Crippen LogP contribution in [0, 0.1) is 0 Å². The van der Waals surface area contributed by atoms with E-state index in [4.69, 9.17) is 16.3 Å². The normalized spacial score (nSPS) is 17.7. The van der Waals surface area contributed by atoms with Crippen LogP contribution in [-0.4, -0.2) is 11.2 Å². The van der Waals surface area contributed by atoms with Gasteiger partial charge in [-0.05, 0) is 37.8 Å². The highest BCUT2D eigenvalue weighted by Crippen LogP contribution is 2.32. The molecule has 82 valence electrons. The monoisotopic (exact) mass is 226 g/mol. The zero-order chi connectivity index (χ0) is 10.7. The van der Waals surface area contributed by atoms with Crippen LogP contribution in [-0.2, 0) is 0 Å². The molecule has 1 N–H and O–H groups in total. The summed E-state index contributed by atoms with van der Waals surface area (Å²) in [6.07, 6.45) is 6.17. The molecule has 1 aliphatic carbocycles. The van der Waals surface area contributed by atoms with Gasteiger partial charge in [0.1, 0.15) is 0 Å². The number of hydrogen-bond acceptors (Lipinski definition) is 2. The lowest BCUT2D eigenvalue weighted by atomic mass is 9.98. The average Bonchev–Trinajstić information content (AvgIpc) is 2.24. The van der Waals surface area contributed by atoms with Crippen molar-refractivity contribution in [3.8, 4) is 11.5 Å². The van der Waals surface area contributed by atoms with E-state index in [0.717, 1.165) is 12.8 Å². The van der Waals surface area contributed by atoms with Gasteiger partial charge < -0.3 is 9.84 Å². The lowest BCUT2D eigenvalue weighted by Crippen LogP contribution is -2.19. The molecule has 1 aromatic rings. The number of aromatic hydroxyl groups is 1.